The molecule has 1 saturated carbocycles. The van der Waals surface area contributed by atoms with Crippen LogP contribution >= 0.6 is 0 Å². The molecule has 2 heteroatoms. The number of nitrogens with two attached hydrogens (primary N) is 1. The predicted molar refractivity (Wildman–Crippen MR) is 59.5 cm³/mol. The summed E-state index contributed by atoms with van der Waals surface area (Å²) in [6.45, 7) is 6.53. The highest BCUT2D eigenvalue weighted by Gasteiger charge is 2.29. The molecule has 76 valence electrons. The Morgan fingerprint density at radius 1 is 1.43 bits per heavy atom. The van der Waals surface area contributed by atoms with Crippen molar-refractivity contribution in [2.75, 3.05) is 5.73 Å². The minimum atomic E-state index is 0.479. The number of hydrogen-bond donors (Lipinski definition) is 1. The fourth-order valence-electron chi connectivity index (χ4n) is 2.08. The molecule has 1 aliphatic carbocycles. The van der Waals surface area contributed by atoms with Crippen LogP contribution in [0.1, 0.15) is 55.3 Å². The summed E-state index contributed by atoms with van der Waals surface area (Å²) in [6.07, 6.45) is 2.65. The summed E-state index contributed by atoms with van der Waals surface area (Å²) in [5, 5.41) is 0. The van der Waals surface area contributed by atoms with Crippen LogP contribution in [-0.4, -0.2) is 4.98 Å². The summed E-state index contributed by atoms with van der Waals surface area (Å²) in [4.78, 5) is 4.47. The topological polar surface area (TPSA) is 38.9 Å². The van der Waals surface area contributed by atoms with E-state index in [1.165, 1.54) is 29.7 Å². The second-order valence-electron chi connectivity index (χ2n) is 4.59. The lowest BCUT2D eigenvalue weighted by molar-refractivity contribution is 0.795. The van der Waals surface area contributed by atoms with Crippen LogP contribution in [0.5, 0.6) is 0 Å². The molecule has 2 N–H and O–H groups in total. The second-order valence-corrected chi connectivity index (χ2v) is 4.59. The number of pyridine rings is 1. The quantitative estimate of drug-likeness (QED) is 0.778. The van der Waals surface area contributed by atoms with Gasteiger partial charge in [0.25, 0.3) is 0 Å². The van der Waals surface area contributed by atoms with Gasteiger partial charge in [-0.25, -0.2) is 4.98 Å². The number of nitrogen functional groups attached to an aromatic ring is 1. The summed E-state index contributed by atoms with van der Waals surface area (Å²) in [6, 6.07) is 2.00. The number of anilines is 1. The molecule has 1 fully saturated rings. The SMILES string of the molecule is Cc1cc(N)nc(C(C)C)c1C1CC1. The van der Waals surface area contributed by atoms with Crippen molar-refractivity contribution in [2.45, 2.75) is 45.4 Å². The fourth-order valence-corrected chi connectivity index (χ4v) is 2.08. The van der Waals surface area contributed by atoms with Gasteiger partial charge in [0.1, 0.15) is 5.82 Å². The Kier molecular flexibility index (Phi) is 2.22. The molecule has 2 rings (SSSR count). The van der Waals surface area contributed by atoms with Crippen molar-refractivity contribution < 1.29 is 0 Å². The predicted octanol–water partition coefficient (Wildman–Crippen LogP) is 2.97. The van der Waals surface area contributed by atoms with Crippen LogP contribution in [0.4, 0.5) is 5.82 Å². The summed E-state index contributed by atoms with van der Waals surface area (Å²) >= 11 is 0. The van der Waals surface area contributed by atoms with Crippen LogP contribution in [0.15, 0.2) is 6.07 Å². The number of hydrogen-bond acceptors (Lipinski definition) is 2. The highest BCUT2D eigenvalue weighted by molar-refractivity contribution is 5.44. The zero-order chi connectivity index (χ0) is 10.3. The molecular weight excluding hydrogens is 172 g/mol. The normalized spacial score (nSPS) is 16.3. The van der Waals surface area contributed by atoms with Crippen molar-refractivity contribution in [3.05, 3.63) is 22.9 Å². The van der Waals surface area contributed by atoms with Crippen LogP contribution in [0, 0.1) is 6.92 Å². The van der Waals surface area contributed by atoms with E-state index in [2.05, 4.69) is 25.8 Å². The van der Waals surface area contributed by atoms with Crippen molar-refractivity contribution in [3.8, 4) is 0 Å². The molecule has 0 aromatic carbocycles. The van der Waals surface area contributed by atoms with Crippen LogP contribution in [-0.2, 0) is 0 Å². The van der Waals surface area contributed by atoms with E-state index < -0.39 is 0 Å². The monoisotopic (exact) mass is 190 g/mol. The molecule has 1 aromatic rings. The molecule has 1 aromatic heterocycles. The zero-order valence-electron chi connectivity index (χ0n) is 9.17. The molecular formula is C12H18N2. The van der Waals surface area contributed by atoms with Gasteiger partial charge in [-0.3, -0.25) is 0 Å². The smallest absolute Gasteiger partial charge is 0.123 e. The lowest BCUT2D eigenvalue weighted by atomic mass is 9.96. The van der Waals surface area contributed by atoms with Gasteiger partial charge in [-0.15, -0.1) is 0 Å². The highest BCUT2D eigenvalue weighted by Crippen LogP contribution is 2.44. The van der Waals surface area contributed by atoms with Crippen molar-refractivity contribution in [3.63, 3.8) is 0 Å². The van der Waals surface area contributed by atoms with Gasteiger partial charge in [0.15, 0.2) is 0 Å². The van der Waals surface area contributed by atoms with Crippen molar-refractivity contribution in [1.82, 2.24) is 4.98 Å². The Bertz CT molecular complexity index is 352. The maximum absolute atomic E-state index is 5.78. The Balaban J connectivity index is 2.53. The van der Waals surface area contributed by atoms with Crippen molar-refractivity contribution in [2.24, 2.45) is 0 Å². The van der Waals surface area contributed by atoms with Gasteiger partial charge in [-0.1, -0.05) is 13.8 Å². The Morgan fingerprint density at radius 3 is 2.57 bits per heavy atom. The van der Waals surface area contributed by atoms with E-state index >= 15 is 0 Å². The highest BCUT2D eigenvalue weighted by atomic mass is 14.8. The fraction of sp³-hybridized carbons (Fsp3) is 0.583. The van der Waals surface area contributed by atoms with Gasteiger partial charge >= 0.3 is 0 Å². The third kappa shape index (κ3) is 1.61. The third-order valence-corrected chi connectivity index (χ3v) is 2.85. The van der Waals surface area contributed by atoms with Crippen LogP contribution in [0.3, 0.4) is 0 Å². The summed E-state index contributed by atoms with van der Waals surface area (Å²) in [7, 11) is 0. The molecule has 1 heterocycles. The zero-order valence-corrected chi connectivity index (χ0v) is 9.17. The molecule has 0 atom stereocenters. The van der Waals surface area contributed by atoms with Crippen molar-refractivity contribution in [1.29, 1.82) is 0 Å². The Hall–Kier alpha value is -1.05. The van der Waals surface area contributed by atoms with Crippen LogP contribution < -0.4 is 5.73 Å². The molecule has 0 aliphatic heterocycles. The molecule has 0 spiro atoms. The third-order valence-electron chi connectivity index (χ3n) is 2.85. The average Bonchev–Trinajstić information content (AvgIpc) is 2.85. The van der Waals surface area contributed by atoms with Gasteiger partial charge in [0.05, 0.1) is 0 Å². The summed E-state index contributed by atoms with van der Waals surface area (Å²) in [5.74, 6) is 1.91. The number of rotatable bonds is 2. The molecule has 0 bridgehead atoms. The Morgan fingerprint density at radius 2 is 2.07 bits per heavy atom. The maximum atomic E-state index is 5.78. The van der Waals surface area contributed by atoms with Crippen molar-refractivity contribution >= 4 is 5.82 Å². The maximum Gasteiger partial charge on any atom is 0.123 e. The number of aryl methyl sites for hydroxylation is 1. The van der Waals surface area contributed by atoms with Gasteiger partial charge in [0.2, 0.25) is 0 Å². The van der Waals surface area contributed by atoms with E-state index in [1.54, 1.807) is 0 Å². The van der Waals surface area contributed by atoms with E-state index in [4.69, 9.17) is 5.73 Å². The first-order valence-electron chi connectivity index (χ1n) is 5.36. The first kappa shape index (κ1) is 9.50. The molecule has 1 aliphatic rings. The van der Waals surface area contributed by atoms with E-state index in [0.29, 0.717) is 11.7 Å². The molecule has 0 amide bonds. The van der Waals surface area contributed by atoms with Crippen LogP contribution in [0.2, 0.25) is 0 Å². The minimum absolute atomic E-state index is 0.479. The lowest BCUT2D eigenvalue weighted by Gasteiger charge is -2.14. The molecule has 0 radical (unpaired) electrons. The summed E-state index contributed by atoms with van der Waals surface area (Å²) in [5.41, 5.74) is 9.78. The van der Waals surface area contributed by atoms with Gasteiger partial charge in [-0.05, 0) is 48.8 Å². The van der Waals surface area contributed by atoms with Crippen LogP contribution in [0.25, 0.3) is 0 Å². The standard InChI is InChI=1S/C12H18N2/c1-7(2)12-11(9-4-5-9)8(3)6-10(13)14-12/h6-7,9H,4-5H2,1-3H3,(H2,13,14). The van der Waals surface area contributed by atoms with Gasteiger partial charge in [0, 0.05) is 5.69 Å². The van der Waals surface area contributed by atoms with E-state index in [-0.39, 0.29) is 0 Å². The van der Waals surface area contributed by atoms with E-state index in [1.807, 2.05) is 6.07 Å². The van der Waals surface area contributed by atoms with E-state index in [0.717, 1.165) is 5.92 Å². The first-order chi connectivity index (χ1) is 6.59. The van der Waals surface area contributed by atoms with Gasteiger partial charge < -0.3 is 5.73 Å². The molecule has 0 saturated heterocycles. The molecule has 14 heavy (non-hydrogen) atoms. The average molecular weight is 190 g/mol. The molecule has 0 unspecified atom stereocenters. The first-order valence-corrected chi connectivity index (χ1v) is 5.36. The number of nitrogens with zero attached hydrogens (tertiary/aromatic N) is 1. The van der Waals surface area contributed by atoms with Gasteiger partial charge in [-0.2, -0.15) is 0 Å². The largest absolute Gasteiger partial charge is 0.384 e. The minimum Gasteiger partial charge on any atom is -0.384 e. The molecule has 2 nitrogen and oxygen atoms in total. The number of aromatic nitrogens is 1. The second kappa shape index (κ2) is 3.26. The summed E-state index contributed by atoms with van der Waals surface area (Å²) < 4.78 is 0. The van der Waals surface area contributed by atoms with E-state index in [9.17, 15) is 0 Å². The lowest BCUT2D eigenvalue weighted by Crippen LogP contribution is -2.04. The Labute approximate surface area is 85.5 Å².